The normalized spacial score (nSPS) is 23.5. The van der Waals surface area contributed by atoms with Crippen molar-refractivity contribution in [3.05, 3.63) is 65.4 Å². The molecule has 2 unspecified atom stereocenters. The number of para-hydroxylation sites is 1. The Kier molecular flexibility index (Phi) is 4.49. The number of hydrogen-bond donors (Lipinski definition) is 1. The molecule has 6 rings (SSSR count). The summed E-state index contributed by atoms with van der Waals surface area (Å²) in [5, 5.41) is 1.14. The van der Waals surface area contributed by atoms with Crippen LogP contribution in [0.3, 0.4) is 0 Å². The summed E-state index contributed by atoms with van der Waals surface area (Å²) in [7, 11) is 1.64. The van der Waals surface area contributed by atoms with Gasteiger partial charge < -0.3 is 19.5 Å². The van der Waals surface area contributed by atoms with Crippen LogP contribution in [0.15, 0.2) is 48.5 Å². The van der Waals surface area contributed by atoms with Crippen LogP contribution in [0.1, 0.15) is 48.5 Å². The lowest BCUT2D eigenvalue weighted by Gasteiger charge is -2.48. The Labute approximate surface area is 187 Å². The van der Waals surface area contributed by atoms with Crippen molar-refractivity contribution in [3.8, 4) is 5.75 Å². The maximum absolute atomic E-state index is 13.7. The van der Waals surface area contributed by atoms with Crippen molar-refractivity contribution < 1.29 is 14.3 Å². The van der Waals surface area contributed by atoms with Crippen LogP contribution in [0.25, 0.3) is 10.9 Å². The number of ether oxygens (including phenoxy) is 1. The van der Waals surface area contributed by atoms with Crippen molar-refractivity contribution in [1.29, 1.82) is 0 Å². The van der Waals surface area contributed by atoms with Gasteiger partial charge in [0.15, 0.2) is 0 Å². The van der Waals surface area contributed by atoms with Gasteiger partial charge in [0.1, 0.15) is 18.3 Å². The van der Waals surface area contributed by atoms with E-state index in [0.29, 0.717) is 6.42 Å². The number of hydrogen-bond acceptors (Lipinski definition) is 3. The minimum Gasteiger partial charge on any atom is -0.497 e. The van der Waals surface area contributed by atoms with E-state index >= 15 is 0 Å². The van der Waals surface area contributed by atoms with E-state index in [1.807, 2.05) is 46.2 Å². The lowest BCUT2D eigenvalue weighted by Crippen LogP contribution is -2.64. The number of methoxy groups -OCH3 is 1. The summed E-state index contributed by atoms with van der Waals surface area (Å²) in [6.45, 7) is 0.183. The maximum Gasteiger partial charge on any atom is 0.246 e. The molecule has 6 nitrogen and oxygen atoms in total. The summed E-state index contributed by atoms with van der Waals surface area (Å²) in [6.07, 6.45) is 4.84. The number of aromatic amines is 1. The fourth-order valence-electron chi connectivity index (χ4n) is 5.94. The topological polar surface area (TPSA) is 65.6 Å². The van der Waals surface area contributed by atoms with Crippen LogP contribution in [0, 0.1) is 0 Å². The van der Waals surface area contributed by atoms with E-state index in [4.69, 9.17) is 4.74 Å². The average molecular weight is 430 g/mol. The number of carbonyl (C=O) groups is 2. The van der Waals surface area contributed by atoms with Gasteiger partial charge in [0.25, 0.3) is 0 Å². The zero-order valence-corrected chi connectivity index (χ0v) is 18.2. The van der Waals surface area contributed by atoms with Crippen LogP contribution in [0.4, 0.5) is 0 Å². The Morgan fingerprint density at radius 1 is 1.00 bits per heavy atom. The predicted molar refractivity (Wildman–Crippen MR) is 121 cm³/mol. The van der Waals surface area contributed by atoms with Crippen molar-refractivity contribution in [2.75, 3.05) is 13.7 Å². The Bertz CT molecular complexity index is 1190. The first-order chi connectivity index (χ1) is 15.7. The van der Waals surface area contributed by atoms with Gasteiger partial charge in [0.2, 0.25) is 11.8 Å². The highest BCUT2D eigenvalue weighted by Crippen LogP contribution is 2.43. The van der Waals surface area contributed by atoms with Crippen LogP contribution in [-0.2, 0) is 16.0 Å². The molecule has 2 aromatic carbocycles. The Balaban J connectivity index is 1.49. The average Bonchev–Trinajstić information content (AvgIpc) is 3.48. The van der Waals surface area contributed by atoms with Gasteiger partial charge in [-0.25, -0.2) is 0 Å². The molecule has 0 bridgehead atoms. The predicted octanol–water partition coefficient (Wildman–Crippen LogP) is 3.80. The van der Waals surface area contributed by atoms with Gasteiger partial charge in [-0.15, -0.1) is 0 Å². The second-order valence-electron chi connectivity index (χ2n) is 9.16. The molecule has 1 saturated carbocycles. The lowest BCUT2D eigenvalue weighted by molar-refractivity contribution is -0.160. The molecule has 1 aromatic heterocycles. The molecule has 32 heavy (non-hydrogen) atoms. The van der Waals surface area contributed by atoms with E-state index in [1.165, 1.54) is 0 Å². The van der Waals surface area contributed by atoms with Gasteiger partial charge in [-0.3, -0.25) is 9.59 Å². The highest BCUT2D eigenvalue weighted by Gasteiger charge is 2.49. The van der Waals surface area contributed by atoms with Crippen molar-refractivity contribution in [2.45, 2.75) is 50.2 Å². The lowest BCUT2D eigenvalue weighted by atomic mass is 9.86. The van der Waals surface area contributed by atoms with Crippen molar-refractivity contribution in [1.82, 2.24) is 14.8 Å². The molecule has 3 aliphatic rings. The highest BCUT2D eigenvalue weighted by atomic mass is 16.5. The van der Waals surface area contributed by atoms with E-state index in [1.54, 1.807) is 7.11 Å². The number of aromatic nitrogens is 1. The quantitative estimate of drug-likeness (QED) is 0.689. The molecule has 2 amide bonds. The fourth-order valence-corrected chi connectivity index (χ4v) is 5.94. The molecule has 1 saturated heterocycles. The van der Waals surface area contributed by atoms with Crippen LogP contribution in [0.2, 0.25) is 0 Å². The Hall–Kier alpha value is -3.28. The number of rotatable bonds is 3. The first kappa shape index (κ1) is 19.4. The molecule has 164 valence electrons. The molecule has 1 N–H and O–H groups in total. The third-order valence-corrected chi connectivity index (χ3v) is 7.49. The van der Waals surface area contributed by atoms with E-state index in [2.05, 4.69) is 17.1 Å². The molecule has 1 aliphatic carbocycles. The summed E-state index contributed by atoms with van der Waals surface area (Å²) in [6, 6.07) is 15.5. The van der Waals surface area contributed by atoms with E-state index in [9.17, 15) is 9.59 Å². The molecule has 6 heteroatoms. The Morgan fingerprint density at radius 3 is 2.50 bits per heavy atom. The molecular weight excluding hydrogens is 402 g/mol. The molecule has 0 spiro atoms. The summed E-state index contributed by atoms with van der Waals surface area (Å²) in [5.74, 6) is 0.906. The van der Waals surface area contributed by atoms with Crippen LogP contribution >= 0.6 is 0 Å². The van der Waals surface area contributed by atoms with Gasteiger partial charge in [-0.05, 0) is 42.2 Å². The van der Waals surface area contributed by atoms with Crippen LogP contribution < -0.4 is 4.74 Å². The number of nitrogens with one attached hydrogen (secondary N) is 1. The van der Waals surface area contributed by atoms with Crippen LogP contribution in [-0.4, -0.2) is 52.3 Å². The zero-order chi connectivity index (χ0) is 21.8. The fraction of sp³-hybridized carbons (Fsp3) is 0.385. The summed E-state index contributed by atoms with van der Waals surface area (Å²) < 4.78 is 5.34. The van der Waals surface area contributed by atoms with Gasteiger partial charge in [0, 0.05) is 29.1 Å². The minimum absolute atomic E-state index is 0.0339. The van der Waals surface area contributed by atoms with Gasteiger partial charge >= 0.3 is 0 Å². The zero-order valence-electron chi connectivity index (χ0n) is 18.2. The molecule has 2 aliphatic heterocycles. The van der Waals surface area contributed by atoms with E-state index in [-0.39, 0.29) is 30.4 Å². The number of piperazine rings is 1. The van der Waals surface area contributed by atoms with E-state index < -0.39 is 6.04 Å². The molecule has 3 heterocycles. The molecule has 0 radical (unpaired) electrons. The first-order valence-corrected chi connectivity index (χ1v) is 11.5. The number of H-pyrrole nitrogens is 1. The van der Waals surface area contributed by atoms with E-state index in [0.717, 1.165) is 59.2 Å². The standard InChI is InChI=1S/C26H27N3O3/c1-32-18-12-10-16(11-13-18)25-24-20(19-8-4-5-9-21(19)27-24)14-22-26(31)28(15-23(30)29(22)25)17-6-2-3-7-17/h4-5,8-13,17,22,25,27H,2-3,6-7,14-15H2,1H3. The number of amides is 2. The second kappa shape index (κ2) is 7.40. The first-order valence-electron chi connectivity index (χ1n) is 11.5. The maximum atomic E-state index is 13.7. The number of benzene rings is 2. The van der Waals surface area contributed by atoms with Crippen molar-refractivity contribution in [2.24, 2.45) is 0 Å². The van der Waals surface area contributed by atoms with Crippen molar-refractivity contribution in [3.63, 3.8) is 0 Å². The Morgan fingerprint density at radius 2 is 1.75 bits per heavy atom. The van der Waals surface area contributed by atoms with Gasteiger partial charge in [0.05, 0.1) is 13.2 Å². The molecule has 2 atom stereocenters. The summed E-state index contributed by atoms with van der Waals surface area (Å²) in [5.41, 5.74) is 4.20. The summed E-state index contributed by atoms with van der Waals surface area (Å²) >= 11 is 0. The largest absolute Gasteiger partial charge is 0.497 e. The number of nitrogens with zero attached hydrogens (tertiary/aromatic N) is 2. The highest BCUT2D eigenvalue weighted by molar-refractivity contribution is 5.97. The third-order valence-electron chi connectivity index (χ3n) is 7.49. The van der Waals surface area contributed by atoms with Crippen LogP contribution in [0.5, 0.6) is 5.75 Å². The summed E-state index contributed by atoms with van der Waals surface area (Å²) in [4.78, 5) is 34.6. The monoisotopic (exact) mass is 429 g/mol. The number of carbonyl (C=O) groups excluding carboxylic acids is 2. The second-order valence-corrected chi connectivity index (χ2v) is 9.16. The third kappa shape index (κ3) is 2.85. The molecule has 2 fully saturated rings. The van der Waals surface area contributed by atoms with Crippen molar-refractivity contribution >= 4 is 22.7 Å². The smallest absolute Gasteiger partial charge is 0.246 e. The number of fused-ring (bicyclic) bond motifs is 4. The SMILES string of the molecule is COc1ccc(C2c3[nH]c4ccccc4c3CC3C(=O)N(C4CCCC4)CC(=O)N32)cc1. The van der Waals surface area contributed by atoms with Gasteiger partial charge in [-0.2, -0.15) is 0 Å². The molecular formula is C26H27N3O3. The van der Waals surface area contributed by atoms with Gasteiger partial charge in [-0.1, -0.05) is 43.2 Å². The minimum atomic E-state index is -0.462. The molecule has 3 aromatic rings.